The molecule has 2 aromatic carbocycles. The first-order valence-electron chi connectivity index (χ1n) is 8.95. The van der Waals surface area contributed by atoms with Gasteiger partial charge in [0, 0.05) is 25.6 Å². The van der Waals surface area contributed by atoms with Gasteiger partial charge in [0.05, 0.1) is 5.92 Å². The fourth-order valence-corrected chi connectivity index (χ4v) is 3.92. The third kappa shape index (κ3) is 3.93. The molecule has 3 rings (SSSR count). The van der Waals surface area contributed by atoms with Gasteiger partial charge in [-0.3, -0.25) is 9.69 Å². The molecule has 2 atom stereocenters. The van der Waals surface area contributed by atoms with Crippen molar-refractivity contribution in [2.45, 2.75) is 38.6 Å². The number of benzene rings is 2. The van der Waals surface area contributed by atoms with E-state index in [1.54, 1.807) is 0 Å². The fraction of sp³-hybridized carbons (Fsp3) is 0.409. The summed E-state index contributed by atoms with van der Waals surface area (Å²) in [6.45, 7) is 8.78. The number of carboxylic acids is 1. The molecule has 1 N–H and O–H groups in total. The minimum Gasteiger partial charge on any atom is -0.481 e. The molecule has 3 nitrogen and oxygen atoms in total. The lowest BCUT2D eigenvalue weighted by molar-refractivity contribution is -0.141. The van der Waals surface area contributed by atoms with Gasteiger partial charge in [-0.25, -0.2) is 0 Å². The molecule has 2 aromatic rings. The standard InChI is InChI=1S/C22H27NO2/c1-22(2,3)20-12-8-7-11-17(20)18-14-23(15-19(18)21(24)25)13-16-9-5-4-6-10-16/h4-12,18-19H,13-15H2,1-3H3,(H,24,25)/t18-,19+/m0/s1. The lowest BCUT2D eigenvalue weighted by Crippen LogP contribution is -2.24. The van der Waals surface area contributed by atoms with Crippen LogP contribution in [0, 0.1) is 5.92 Å². The predicted molar refractivity (Wildman–Crippen MR) is 101 cm³/mol. The Labute approximate surface area is 150 Å². The van der Waals surface area contributed by atoms with E-state index < -0.39 is 5.97 Å². The largest absolute Gasteiger partial charge is 0.481 e. The van der Waals surface area contributed by atoms with Crippen LogP contribution in [0.5, 0.6) is 0 Å². The molecule has 1 fully saturated rings. The third-order valence-electron chi connectivity index (χ3n) is 5.13. The van der Waals surface area contributed by atoms with Gasteiger partial charge in [-0.05, 0) is 22.1 Å². The zero-order chi connectivity index (χ0) is 18.0. The molecule has 0 spiro atoms. The van der Waals surface area contributed by atoms with Crippen LogP contribution in [-0.4, -0.2) is 29.1 Å². The van der Waals surface area contributed by atoms with Crippen molar-refractivity contribution in [2.75, 3.05) is 13.1 Å². The number of nitrogens with zero attached hydrogens (tertiary/aromatic N) is 1. The summed E-state index contributed by atoms with van der Waals surface area (Å²) < 4.78 is 0. The summed E-state index contributed by atoms with van der Waals surface area (Å²) in [5, 5.41) is 9.80. The van der Waals surface area contributed by atoms with Crippen molar-refractivity contribution in [1.29, 1.82) is 0 Å². The van der Waals surface area contributed by atoms with Crippen molar-refractivity contribution >= 4 is 5.97 Å². The number of hydrogen-bond donors (Lipinski definition) is 1. The van der Waals surface area contributed by atoms with Crippen LogP contribution in [0.15, 0.2) is 54.6 Å². The maximum atomic E-state index is 11.9. The second-order valence-corrected chi connectivity index (χ2v) is 8.07. The molecule has 1 saturated heterocycles. The summed E-state index contributed by atoms with van der Waals surface area (Å²) in [6, 6.07) is 18.6. The second-order valence-electron chi connectivity index (χ2n) is 8.07. The molecule has 3 heteroatoms. The van der Waals surface area contributed by atoms with E-state index in [0.29, 0.717) is 6.54 Å². The average Bonchev–Trinajstić information content (AvgIpc) is 2.99. The minimum atomic E-state index is -0.690. The SMILES string of the molecule is CC(C)(C)c1ccccc1[C@@H]1CN(Cc2ccccc2)C[C@H]1C(=O)O. The highest BCUT2D eigenvalue weighted by Crippen LogP contribution is 2.39. The fourth-order valence-electron chi connectivity index (χ4n) is 3.92. The van der Waals surface area contributed by atoms with Gasteiger partial charge in [0.25, 0.3) is 0 Å². The molecule has 0 aliphatic carbocycles. The number of likely N-dealkylation sites (tertiary alicyclic amines) is 1. The number of carbonyl (C=O) groups is 1. The second kappa shape index (κ2) is 7.01. The molecular weight excluding hydrogens is 310 g/mol. The summed E-state index contributed by atoms with van der Waals surface area (Å²) in [5.41, 5.74) is 3.69. The Balaban J connectivity index is 1.89. The highest BCUT2D eigenvalue weighted by atomic mass is 16.4. The maximum absolute atomic E-state index is 11.9. The molecule has 0 amide bonds. The van der Waals surface area contributed by atoms with Crippen LogP contribution < -0.4 is 0 Å². The Morgan fingerprint density at radius 2 is 1.68 bits per heavy atom. The molecule has 0 aromatic heterocycles. The van der Waals surface area contributed by atoms with Crippen LogP contribution in [0.2, 0.25) is 0 Å². The predicted octanol–water partition coefficient (Wildman–Crippen LogP) is 4.28. The first-order chi connectivity index (χ1) is 11.9. The summed E-state index contributed by atoms with van der Waals surface area (Å²) in [5.74, 6) is -1.01. The number of aliphatic carboxylic acids is 1. The molecule has 0 radical (unpaired) electrons. The Morgan fingerprint density at radius 3 is 2.32 bits per heavy atom. The molecule has 0 unspecified atom stereocenters. The van der Waals surface area contributed by atoms with Crippen molar-refractivity contribution in [1.82, 2.24) is 4.90 Å². The highest BCUT2D eigenvalue weighted by Gasteiger charge is 2.40. The van der Waals surface area contributed by atoms with Crippen LogP contribution in [0.3, 0.4) is 0 Å². The Hall–Kier alpha value is -2.13. The molecule has 1 aliphatic heterocycles. The lowest BCUT2D eigenvalue weighted by Gasteiger charge is -2.27. The summed E-state index contributed by atoms with van der Waals surface area (Å²) in [7, 11) is 0. The topological polar surface area (TPSA) is 40.5 Å². The van der Waals surface area contributed by atoms with E-state index in [-0.39, 0.29) is 17.3 Å². The van der Waals surface area contributed by atoms with Crippen LogP contribution >= 0.6 is 0 Å². The van der Waals surface area contributed by atoms with Crippen LogP contribution in [0.1, 0.15) is 43.4 Å². The average molecular weight is 337 g/mol. The van der Waals surface area contributed by atoms with E-state index in [1.165, 1.54) is 16.7 Å². The van der Waals surface area contributed by atoms with E-state index in [1.807, 2.05) is 24.3 Å². The van der Waals surface area contributed by atoms with Crippen molar-refractivity contribution < 1.29 is 9.90 Å². The van der Waals surface area contributed by atoms with E-state index in [0.717, 1.165) is 13.1 Å². The van der Waals surface area contributed by atoms with Gasteiger partial charge in [0.1, 0.15) is 0 Å². The normalized spacial score (nSPS) is 21.4. The number of carboxylic acid groups (broad SMARTS) is 1. The third-order valence-corrected chi connectivity index (χ3v) is 5.13. The zero-order valence-corrected chi connectivity index (χ0v) is 15.3. The van der Waals surface area contributed by atoms with E-state index in [9.17, 15) is 9.90 Å². The first-order valence-corrected chi connectivity index (χ1v) is 8.95. The summed E-state index contributed by atoms with van der Waals surface area (Å²) >= 11 is 0. The molecule has 0 saturated carbocycles. The quantitative estimate of drug-likeness (QED) is 0.905. The number of hydrogen-bond acceptors (Lipinski definition) is 2. The van der Waals surface area contributed by atoms with Crippen molar-refractivity contribution in [3.8, 4) is 0 Å². The van der Waals surface area contributed by atoms with E-state index in [2.05, 4.69) is 56.0 Å². The minimum absolute atomic E-state index is 0.00645. The first kappa shape index (κ1) is 17.7. The summed E-state index contributed by atoms with van der Waals surface area (Å²) in [4.78, 5) is 14.2. The van der Waals surface area contributed by atoms with Crippen LogP contribution in [0.4, 0.5) is 0 Å². The van der Waals surface area contributed by atoms with Crippen LogP contribution in [-0.2, 0) is 16.8 Å². The van der Waals surface area contributed by atoms with Gasteiger partial charge >= 0.3 is 5.97 Å². The lowest BCUT2D eigenvalue weighted by atomic mass is 9.77. The highest BCUT2D eigenvalue weighted by molar-refractivity contribution is 5.72. The molecule has 1 aliphatic rings. The number of rotatable bonds is 4. The monoisotopic (exact) mass is 337 g/mol. The van der Waals surface area contributed by atoms with Gasteiger partial charge in [-0.2, -0.15) is 0 Å². The molecule has 1 heterocycles. The van der Waals surface area contributed by atoms with E-state index >= 15 is 0 Å². The van der Waals surface area contributed by atoms with Crippen molar-refractivity contribution in [3.05, 3.63) is 71.3 Å². The smallest absolute Gasteiger partial charge is 0.308 e. The van der Waals surface area contributed by atoms with Gasteiger partial charge in [-0.1, -0.05) is 75.4 Å². The Kier molecular flexibility index (Phi) is 4.96. The van der Waals surface area contributed by atoms with Gasteiger partial charge in [-0.15, -0.1) is 0 Å². The van der Waals surface area contributed by atoms with Gasteiger partial charge in [0.15, 0.2) is 0 Å². The molecular formula is C22H27NO2. The molecule has 132 valence electrons. The molecule has 25 heavy (non-hydrogen) atoms. The van der Waals surface area contributed by atoms with Crippen LogP contribution in [0.25, 0.3) is 0 Å². The Morgan fingerprint density at radius 1 is 1.04 bits per heavy atom. The van der Waals surface area contributed by atoms with Crippen molar-refractivity contribution in [3.63, 3.8) is 0 Å². The van der Waals surface area contributed by atoms with E-state index in [4.69, 9.17) is 0 Å². The zero-order valence-electron chi connectivity index (χ0n) is 15.3. The maximum Gasteiger partial charge on any atom is 0.308 e. The van der Waals surface area contributed by atoms with Gasteiger partial charge in [0.2, 0.25) is 0 Å². The summed E-state index contributed by atoms with van der Waals surface area (Å²) in [6.07, 6.45) is 0. The Bertz CT molecular complexity index is 733. The molecule has 0 bridgehead atoms. The van der Waals surface area contributed by atoms with Gasteiger partial charge < -0.3 is 5.11 Å². The van der Waals surface area contributed by atoms with Crippen molar-refractivity contribution in [2.24, 2.45) is 5.92 Å².